The lowest BCUT2D eigenvalue weighted by Crippen LogP contribution is -2.38. The Labute approximate surface area is 100 Å². The standard InChI is InChI=1S/C12H16ClNO2/c1-12(2,8-15)11(16)14-7-9-5-3-4-6-10(9)13/h3-6,15H,7-8H2,1-2H3,(H,14,16). The topological polar surface area (TPSA) is 49.3 Å². The molecular weight excluding hydrogens is 226 g/mol. The van der Waals surface area contributed by atoms with Crippen LogP contribution in [0, 0.1) is 5.41 Å². The van der Waals surface area contributed by atoms with Gasteiger partial charge in [0.05, 0.1) is 12.0 Å². The molecule has 0 fully saturated rings. The number of aliphatic hydroxyl groups excluding tert-OH is 1. The van der Waals surface area contributed by atoms with Crippen LogP contribution in [-0.2, 0) is 11.3 Å². The predicted octanol–water partition coefficient (Wildman–Crippen LogP) is 1.97. The third-order valence-electron chi connectivity index (χ3n) is 2.41. The van der Waals surface area contributed by atoms with Crippen LogP contribution >= 0.6 is 11.6 Å². The maximum absolute atomic E-state index is 11.7. The van der Waals surface area contributed by atoms with Crippen LogP contribution in [0.2, 0.25) is 5.02 Å². The van der Waals surface area contributed by atoms with Gasteiger partial charge in [-0.15, -0.1) is 0 Å². The molecule has 1 rings (SSSR count). The van der Waals surface area contributed by atoms with E-state index in [1.165, 1.54) is 0 Å². The van der Waals surface area contributed by atoms with Crippen molar-refractivity contribution < 1.29 is 9.90 Å². The van der Waals surface area contributed by atoms with Crippen molar-refractivity contribution in [1.82, 2.24) is 5.32 Å². The largest absolute Gasteiger partial charge is 0.395 e. The molecule has 0 atom stereocenters. The molecule has 0 spiro atoms. The Bertz CT molecular complexity index is 377. The molecule has 0 heterocycles. The van der Waals surface area contributed by atoms with Crippen LogP contribution in [-0.4, -0.2) is 17.6 Å². The van der Waals surface area contributed by atoms with Crippen molar-refractivity contribution in [3.8, 4) is 0 Å². The summed E-state index contributed by atoms with van der Waals surface area (Å²) in [5.74, 6) is -0.185. The summed E-state index contributed by atoms with van der Waals surface area (Å²) in [6.07, 6.45) is 0. The number of aliphatic hydroxyl groups is 1. The van der Waals surface area contributed by atoms with E-state index < -0.39 is 5.41 Å². The van der Waals surface area contributed by atoms with Crippen LogP contribution in [0.5, 0.6) is 0 Å². The average molecular weight is 242 g/mol. The van der Waals surface area contributed by atoms with Crippen LogP contribution < -0.4 is 5.32 Å². The highest BCUT2D eigenvalue weighted by molar-refractivity contribution is 6.31. The molecule has 0 unspecified atom stereocenters. The van der Waals surface area contributed by atoms with Gasteiger partial charge < -0.3 is 10.4 Å². The van der Waals surface area contributed by atoms with Gasteiger partial charge in [-0.05, 0) is 25.5 Å². The van der Waals surface area contributed by atoms with Crippen molar-refractivity contribution in [2.24, 2.45) is 5.41 Å². The third-order valence-corrected chi connectivity index (χ3v) is 2.78. The Kier molecular flexibility index (Phi) is 4.33. The normalized spacial score (nSPS) is 11.2. The van der Waals surface area contributed by atoms with E-state index in [1.54, 1.807) is 19.9 Å². The minimum Gasteiger partial charge on any atom is -0.395 e. The van der Waals surface area contributed by atoms with Crippen molar-refractivity contribution in [3.63, 3.8) is 0 Å². The lowest BCUT2D eigenvalue weighted by Gasteiger charge is -2.20. The Hall–Kier alpha value is -1.06. The number of nitrogens with one attached hydrogen (secondary N) is 1. The van der Waals surface area contributed by atoms with Crippen molar-refractivity contribution in [2.45, 2.75) is 20.4 Å². The van der Waals surface area contributed by atoms with Crippen LogP contribution in [0.1, 0.15) is 19.4 Å². The van der Waals surface area contributed by atoms with Crippen LogP contribution in [0.4, 0.5) is 0 Å². The van der Waals surface area contributed by atoms with Gasteiger partial charge in [0.15, 0.2) is 0 Å². The molecule has 16 heavy (non-hydrogen) atoms. The van der Waals surface area contributed by atoms with E-state index >= 15 is 0 Å². The van der Waals surface area contributed by atoms with E-state index in [0.717, 1.165) is 5.56 Å². The highest BCUT2D eigenvalue weighted by Crippen LogP contribution is 2.17. The van der Waals surface area contributed by atoms with E-state index in [1.807, 2.05) is 18.2 Å². The average Bonchev–Trinajstić information content (AvgIpc) is 2.27. The molecule has 1 amide bonds. The smallest absolute Gasteiger partial charge is 0.228 e. The zero-order valence-electron chi connectivity index (χ0n) is 9.46. The molecule has 0 aliphatic heterocycles. The molecular formula is C12H16ClNO2. The fourth-order valence-electron chi connectivity index (χ4n) is 1.13. The second-order valence-electron chi connectivity index (χ2n) is 4.32. The van der Waals surface area contributed by atoms with Gasteiger partial charge in [-0.3, -0.25) is 4.79 Å². The highest BCUT2D eigenvalue weighted by atomic mass is 35.5. The van der Waals surface area contributed by atoms with E-state index in [9.17, 15) is 4.79 Å². The maximum atomic E-state index is 11.7. The summed E-state index contributed by atoms with van der Waals surface area (Å²) in [5, 5.41) is 12.4. The molecule has 0 aliphatic rings. The number of carbonyl (C=O) groups is 1. The first kappa shape index (κ1) is 13.0. The van der Waals surface area contributed by atoms with Gasteiger partial charge in [0, 0.05) is 11.6 Å². The lowest BCUT2D eigenvalue weighted by atomic mass is 9.94. The zero-order valence-corrected chi connectivity index (χ0v) is 10.2. The second kappa shape index (κ2) is 5.32. The van der Waals surface area contributed by atoms with Gasteiger partial charge >= 0.3 is 0 Å². The Balaban J connectivity index is 2.59. The quantitative estimate of drug-likeness (QED) is 0.847. The summed E-state index contributed by atoms with van der Waals surface area (Å²) < 4.78 is 0. The summed E-state index contributed by atoms with van der Waals surface area (Å²) in [4.78, 5) is 11.7. The van der Waals surface area contributed by atoms with Gasteiger partial charge in [0.1, 0.15) is 0 Å². The Morgan fingerprint density at radius 3 is 2.62 bits per heavy atom. The Morgan fingerprint density at radius 2 is 2.06 bits per heavy atom. The third kappa shape index (κ3) is 3.22. The monoisotopic (exact) mass is 241 g/mol. The fraction of sp³-hybridized carbons (Fsp3) is 0.417. The molecule has 1 aromatic rings. The first-order valence-corrected chi connectivity index (χ1v) is 5.48. The number of hydrogen-bond acceptors (Lipinski definition) is 2. The highest BCUT2D eigenvalue weighted by Gasteiger charge is 2.26. The van der Waals surface area contributed by atoms with Crippen molar-refractivity contribution in [1.29, 1.82) is 0 Å². The van der Waals surface area contributed by atoms with E-state index in [4.69, 9.17) is 16.7 Å². The summed E-state index contributed by atoms with van der Waals surface area (Å²) in [5.41, 5.74) is 0.104. The molecule has 0 aromatic heterocycles. The second-order valence-corrected chi connectivity index (χ2v) is 4.72. The van der Waals surface area contributed by atoms with Crippen LogP contribution in [0.3, 0.4) is 0 Å². The first-order chi connectivity index (χ1) is 7.47. The van der Waals surface area contributed by atoms with Gasteiger partial charge in [-0.25, -0.2) is 0 Å². The lowest BCUT2D eigenvalue weighted by molar-refractivity contribution is -0.131. The van der Waals surface area contributed by atoms with Gasteiger partial charge in [0.25, 0.3) is 0 Å². The molecule has 0 radical (unpaired) electrons. The molecule has 0 aliphatic carbocycles. The zero-order chi connectivity index (χ0) is 12.2. The summed E-state index contributed by atoms with van der Waals surface area (Å²) in [6, 6.07) is 7.34. The molecule has 2 N–H and O–H groups in total. The molecule has 0 saturated heterocycles. The Morgan fingerprint density at radius 1 is 1.44 bits per heavy atom. The molecule has 0 saturated carbocycles. The maximum Gasteiger partial charge on any atom is 0.228 e. The van der Waals surface area contributed by atoms with E-state index in [-0.39, 0.29) is 12.5 Å². The van der Waals surface area contributed by atoms with Gasteiger partial charge in [0.2, 0.25) is 5.91 Å². The summed E-state index contributed by atoms with van der Waals surface area (Å²) in [7, 11) is 0. The van der Waals surface area contributed by atoms with Crippen molar-refractivity contribution in [2.75, 3.05) is 6.61 Å². The summed E-state index contributed by atoms with van der Waals surface area (Å²) >= 11 is 5.96. The van der Waals surface area contributed by atoms with Crippen LogP contribution in [0.25, 0.3) is 0 Å². The van der Waals surface area contributed by atoms with E-state index in [2.05, 4.69) is 5.32 Å². The predicted molar refractivity (Wildman–Crippen MR) is 64.2 cm³/mol. The van der Waals surface area contributed by atoms with Crippen LogP contribution in [0.15, 0.2) is 24.3 Å². The molecule has 88 valence electrons. The number of benzene rings is 1. The van der Waals surface area contributed by atoms with E-state index in [0.29, 0.717) is 11.6 Å². The number of rotatable bonds is 4. The minimum absolute atomic E-state index is 0.179. The number of halogens is 1. The molecule has 0 bridgehead atoms. The SMILES string of the molecule is CC(C)(CO)C(=O)NCc1ccccc1Cl. The molecule has 4 heteroatoms. The molecule has 1 aromatic carbocycles. The summed E-state index contributed by atoms with van der Waals surface area (Å²) in [6.45, 7) is 3.58. The number of amides is 1. The van der Waals surface area contributed by atoms with Crippen molar-refractivity contribution in [3.05, 3.63) is 34.9 Å². The molecule has 3 nitrogen and oxygen atoms in total. The van der Waals surface area contributed by atoms with Gasteiger partial charge in [-0.2, -0.15) is 0 Å². The van der Waals surface area contributed by atoms with Gasteiger partial charge in [-0.1, -0.05) is 29.8 Å². The fourth-order valence-corrected chi connectivity index (χ4v) is 1.33. The number of hydrogen-bond donors (Lipinski definition) is 2. The first-order valence-electron chi connectivity index (χ1n) is 5.10. The number of carbonyl (C=O) groups excluding carboxylic acids is 1. The van der Waals surface area contributed by atoms with Crippen molar-refractivity contribution >= 4 is 17.5 Å². The minimum atomic E-state index is -0.763.